The number of rotatable bonds is 8. The van der Waals surface area contributed by atoms with Crippen LogP contribution < -0.4 is 11.1 Å². The van der Waals surface area contributed by atoms with Crippen molar-refractivity contribution in [2.24, 2.45) is 11.7 Å². The summed E-state index contributed by atoms with van der Waals surface area (Å²) in [5.41, 5.74) is 5.21. The molecule has 0 aliphatic heterocycles. The van der Waals surface area contributed by atoms with Crippen molar-refractivity contribution in [1.82, 2.24) is 5.32 Å². The third-order valence-electron chi connectivity index (χ3n) is 2.48. The van der Waals surface area contributed by atoms with Crippen LogP contribution in [0.1, 0.15) is 39.5 Å². The molecule has 2 atom stereocenters. The van der Waals surface area contributed by atoms with Gasteiger partial charge in [-0.15, -0.1) is 0 Å². The molecule has 15 heavy (non-hydrogen) atoms. The van der Waals surface area contributed by atoms with Gasteiger partial charge in [0.05, 0.1) is 12.1 Å². The molecule has 0 rings (SSSR count). The summed E-state index contributed by atoms with van der Waals surface area (Å²) >= 11 is 0. The van der Waals surface area contributed by atoms with Gasteiger partial charge >= 0.3 is 0 Å². The molecular formula is C11H21N3O. The van der Waals surface area contributed by atoms with E-state index in [0.717, 1.165) is 12.8 Å². The zero-order valence-corrected chi connectivity index (χ0v) is 9.62. The largest absolute Gasteiger partial charge is 0.368 e. The molecule has 0 heterocycles. The van der Waals surface area contributed by atoms with E-state index in [9.17, 15) is 4.79 Å². The molecule has 4 nitrogen and oxygen atoms in total. The Kier molecular flexibility index (Phi) is 7.65. The highest BCUT2D eigenvalue weighted by Gasteiger charge is 2.14. The number of carbonyl (C=O) groups is 1. The highest BCUT2D eigenvalue weighted by molar-refractivity contribution is 5.79. The summed E-state index contributed by atoms with van der Waals surface area (Å²) in [6.07, 6.45) is 3.30. The maximum atomic E-state index is 11.0. The van der Waals surface area contributed by atoms with Crippen molar-refractivity contribution in [3.63, 3.8) is 0 Å². The predicted octanol–water partition coefficient (Wildman–Crippen LogP) is 1.17. The lowest BCUT2D eigenvalue weighted by Crippen LogP contribution is -2.42. The van der Waals surface area contributed by atoms with Gasteiger partial charge in [0.15, 0.2) is 0 Å². The minimum Gasteiger partial charge on any atom is -0.368 e. The summed E-state index contributed by atoms with van der Waals surface area (Å²) in [7, 11) is 0. The first-order valence-corrected chi connectivity index (χ1v) is 5.55. The van der Waals surface area contributed by atoms with E-state index in [-0.39, 0.29) is 11.9 Å². The number of nitrogens with two attached hydrogens (primary N) is 1. The van der Waals surface area contributed by atoms with Gasteiger partial charge in [0, 0.05) is 6.42 Å². The van der Waals surface area contributed by atoms with Gasteiger partial charge in [0.25, 0.3) is 0 Å². The molecule has 0 aromatic rings. The third-order valence-corrected chi connectivity index (χ3v) is 2.48. The standard InChI is InChI=1S/C11H21N3O/c1-3-5-9(6-7-12)8-14-10(4-2)11(13)15/h9-10,14H,3-6,8H2,1-2H3,(H2,13,15)/t9-,10+/m1/s1. The smallest absolute Gasteiger partial charge is 0.234 e. The summed E-state index contributed by atoms with van der Waals surface area (Å²) in [5, 5.41) is 11.7. The minimum atomic E-state index is -0.315. The van der Waals surface area contributed by atoms with Gasteiger partial charge in [0.2, 0.25) is 5.91 Å². The summed E-state index contributed by atoms with van der Waals surface area (Å²) < 4.78 is 0. The van der Waals surface area contributed by atoms with Gasteiger partial charge < -0.3 is 11.1 Å². The number of hydrogen-bond acceptors (Lipinski definition) is 3. The number of nitrogens with zero attached hydrogens (tertiary/aromatic N) is 1. The quantitative estimate of drug-likeness (QED) is 0.632. The average Bonchev–Trinajstić information content (AvgIpc) is 2.18. The molecule has 0 radical (unpaired) electrons. The number of amides is 1. The Hall–Kier alpha value is -1.08. The summed E-state index contributed by atoms with van der Waals surface area (Å²) in [6.45, 7) is 4.71. The Morgan fingerprint density at radius 3 is 2.60 bits per heavy atom. The maximum Gasteiger partial charge on any atom is 0.234 e. The minimum absolute atomic E-state index is 0.261. The predicted molar refractivity (Wildman–Crippen MR) is 59.9 cm³/mol. The normalized spacial score (nSPS) is 14.2. The summed E-state index contributed by atoms with van der Waals surface area (Å²) in [5.74, 6) is 0.0121. The highest BCUT2D eigenvalue weighted by Crippen LogP contribution is 2.09. The fourth-order valence-corrected chi connectivity index (χ4v) is 1.57. The molecule has 1 amide bonds. The molecule has 0 spiro atoms. The first kappa shape index (κ1) is 13.9. The average molecular weight is 211 g/mol. The molecule has 0 bridgehead atoms. The zero-order chi connectivity index (χ0) is 11.7. The molecule has 0 unspecified atom stereocenters. The van der Waals surface area contributed by atoms with E-state index >= 15 is 0 Å². The molecule has 0 aliphatic carbocycles. The van der Waals surface area contributed by atoms with Crippen LogP contribution in [0.3, 0.4) is 0 Å². The number of primary amides is 1. The van der Waals surface area contributed by atoms with Gasteiger partial charge in [0.1, 0.15) is 0 Å². The number of carbonyl (C=O) groups excluding carboxylic acids is 1. The highest BCUT2D eigenvalue weighted by atomic mass is 16.1. The van der Waals surface area contributed by atoms with Crippen molar-refractivity contribution >= 4 is 5.91 Å². The van der Waals surface area contributed by atoms with Gasteiger partial charge in [-0.2, -0.15) is 5.26 Å². The Balaban J connectivity index is 3.96. The fraction of sp³-hybridized carbons (Fsp3) is 0.818. The van der Waals surface area contributed by atoms with Crippen LogP contribution in [0.25, 0.3) is 0 Å². The number of nitriles is 1. The summed E-state index contributed by atoms with van der Waals surface area (Å²) in [6, 6.07) is 1.91. The van der Waals surface area contributed by atoms with Crippen LogP contribution in [0.2, 0.25) is 0 Å². The second-order valence-corrected chi connectivity index (χ2v) is 3.79. The Bertz CT molecular complexity index is 222. The van der Waals surface area contributed by atoms with Crippen LogP contribution in [-0.4, -0.2) is 18.5 Å². The Labute approximate surface area is 91.8 Å². The van der Waals surface area contributed by atoms with Crippen LogP contribution in [0.4, 0.5) is 0 Å². The molecular weight excluding hydrogens is 190 g/mol. The van der Waals surface area contributed by atoms with Crippen molar-refractivity contribution in [2.45, 2.75) is 45.6 Å². The first-order chi connectivity index (χ1) is 7.15. The molecule has 0 aromatic carbocycles. The lowest BCUT2D eigenvalue weighted by molar-refractivity contribution is -0.120. The van der Waals surface area contributed by atoms with E-state index < -0.39 is 0 Å². The second-order valence-electron chi connectivity index (χ2n) is 3.79. The third kappa shape index (κ3) is 6.08. The molecule has 0 saturated carbocycles. The number of nitrogens with one attached hydrogen (secondary N) is 1. The lowest BCUT2D eigenvalue weighted by Gasteiger charge is -2.18. The van der Waals surface area contributed by atoms with Crippen molar-refractivity contribution in [2.75, 3.05) is 6.54 Å². The van der Waals surface area contributed by atoms with E-state index in [1.807, 2.05) is 6.92 Å². The van der Waals surface area contributed by atoms with Crippen molar-refractivity contribution in [3.05, 3.63) is 0 Å². The van der Waals surface area contributed by atoms with Crippen LogP contribution in [-0.2, 0) is 4.79 Å². The van der Waals surface area contributed by atoms with Crippen molar-refractivity contribution in [3.8, 4) is 6.07 Å². The van der Waals surface area contributed by atoms with Gasteiger partial charge in [-0.1, -0.05) is 20.3 Å². The van der Waals surface area contributed by atoms with E-state index in [4.69, 9.17) is 11.0 Å². The molecule has 0 fully saturated rings. The van der Waals surface area contributed by atoms with Crippen LogP contribution in [0.15, 0.2) is 0 Å². The molecule has 0 aromatic heterocycles. The Morgan fingerprint density at radius 1 is 1.53 bits per heavy atom. The van der Waals surface area contributed by atoms with E-state index in [0.29, 0.717) is 25.3 Å². The summed E-state index contributed by atoms with van der Waals surface area (Å²) in [4.78, 5) is 11.0. The molecule has 86 valence electrons. The van der Waals surface area contributed by atoms with Crippen molar-refractivity contribution < 1.29 is 4.79 Å². The van der Waals surface area contributed by atoms with Gasteiger partial charge in [-0.05, 0) is 25.3 Å². The maximum absolute atomic E-state index is 11.0. The first-order valence-electron chi connectivity index (χ1n) is 5.55. The van der Waals surface area contributed by atoms with Crippen molar-refractivity contribution in [1.29, 1.82) is 5.26 Å². The molecule has 4 heteroatoms. The molecule has 0 saturated heterocycles. The number of hydrogen-bond donors (Lipinski definition) is 2. The zero-order valence-electron chi connectivity index (χ0n) is 9.62. The van der Waals surface area contributed by atoms with Crippen LogP contribution in [0.5, 0.6) is 0 Å². The topological polar surface area (TPSA) is 78.9 Å². The van der Waals surface area contributed by atoms with Gasteiger partial charge in [-0.3, -0.25) is 4.79 Å². The van der Waals surface area contributed by atoms with E-state index in [1.165, 1.54) is 0 Å². The van der Waals surface area contributed by atoms with E-state index in [1.54, 1.807) is 0 Å². The van der Waals surface area contributed by atoms with Crippen LogP contribution in [0, 0.1) is 17.2 Å². The second kappa shape index (κ2) is 8.25. The fourth-order valence-electron chi connectivity index (χ4n) is 1.57. The van der Waals surface area contributed by atoms with E-state index in [2.05, 4.69) is 18.3 Å². The monoisotopic (exact) mass is 211 g/mol. The molecule has 3 N–H and O–H groups in total. The Morgan fingerprint density at radius 2 is 2.20 bits per heavy atom. The van der Waals surface area contributed by atoms with Crippen LogP contribution >= 0.6 is 0 Å². The SMILES string of the molecule is CCC[C@H](CC#N)CN[C@@H](CC)C(N)=O. The lowest BCUT2D eigenvalue weighted by atomic mass is 10.00. The van der Waals surface area contributed by atoms with Gasteiger partial charge in [-0.25, -0.2) is 0 Å². The molecule has 0 aliphatic rings.